The molecule has 0 bridgehead atoms. The third-order valence-corrected chi connectivity index (χ3v) is 5.81. The largest absolute Gasteiger partial charge is 0.466 e. The summed E-state index contributed by atoms with van der Waals surface area (Å²) in [6, 6.07) is 5.82. The van der Waals surface area contributed by atoms with Crippen LogP contribution < -0.4 is 4.90 Å². The Morgan fingerprint density at radius 3 is 2.32 bits per heavy atom. The predicted molar refractivity (Wildman–Crippen MR) is 113 cm³/mol. The van der Waals surface area contributed by atoms with Gasteiger partial charge in [-0.1, -0.05) is 13.3 Å². The summed E-state index contributed by atoms with van der Waals surface area (Å²) in [6.45, 7) is 5.68. The molecule has 2 amide bonds. The molecule has 0 saturated carbocycles. The Morgan fingerprint density at radius 1 is 1.03 bits per heavy atom. The Bertz CT molecular complexity index is 814. The van der Waals surface area contributed by atoms with Gasteiger partial charge in [-0.2, -0.15) is 0 Å². The summed E-state index contributed by atoms with van der Waals surface area (Å²) in [7, 11) is 0. The fraction of sp³-hybridized carbons (Fsp3) is 0.565. The molecule has 2 heterocycles. The molecule has 1 atom stereocenters. The van der Waals surface area contributed by atoms with E-state index in [1.54, 1.807) is 31.2 Å². The fourth-order valence-corrected chi connectivity index (χ4v) is 4.02. The van der Waals surface area contributed by atoms with Gasteiger partial charge < -0.3 is 9.47 Å². The number of hydrogen-bond acceptors (Lipinski definition) is 7. The van der Waals surface area contributed by atoms with Crippen LogP contribution in [0.3, 0.4) is 0 Å². The van der Waals surface area contributed by atoms with Gasteiger partial charge in [-0.25, -0.2) is 9.69 Å². The van der Waals surface area contributed by atoms with Crippen LogP contribution in [0.2, 0.25) is 0 Å². The van der Waals surface area contributed by atoms with E-state index < -0.39 is 12.0 Å². The molecule has 0 radical (unpaired) electrons. The minimum atomic E-state index is -0.519. The number of esters is 2. The van der Waals surface area contributed by atoms with Gasteiger partial charge in [0.05, 0.1) is 42.8 Å². The zero-order valence-corrected chi connectivity index (χ0v) is 18.2. The minimum absolute atomic E-state index is 0.115. The van der Waals surface area contributed by atoms with Gasteiger partial charge in [0.15, 0.2) is 0 Å². The van der Waals surface area contributed by atoms with E-state index in [-0.39, 0.29) is 30.1 Å². The van der Waals surface area contributed by atoms with Crippen molar-refractivity contribution in [2.24, 2.45) is 5.92 Å². The standard InChI is InChI=1S/C23H30N2O6/c1-3-5-14-31-23(29)16-6-8-18(9-7-16)25-20(26)15-19(21(25)27)24-12-10-17(11-13-24)22(28)30-4-2/h6-9,17,19H,3-5,10-15H2,1-2H3/t19-/m1/s1. The van der Waals surface area contributed by atoms with Crippen LogP contribution in [0.15, 0.2) is 24.3 Å². The van der Waals surface area contributed by atoms with Gasteiger partial charge in [0.25, 0.3) is 5.91 Å². The molecule has 0 spiro atoms. The number of unbranched alkanes of at least 4 members (excludes halogenated alkanes) is 1. The van der Waals surface area contributed by atoms with E-state index in [1.165, 1.54) is 4.90 Å². The highest BCUT2D eigenvalue weighted by molar-refractivity contribution is 6.22. The number of likely N-dealkylation sites (tertiary alicyclic amines) is 1. The number of imide groups is 1. The molecule has 0 aromatic heterocycles. The topological polar surface area (TPSA) is 93.2 Å². The summed E-state index contributed by atoms with van der Waals surface area (Å²) in [5.41, 5.74) is 0.834. The van der Waals surface area contributed by atoms with Crippen molar-refractivity contribution in [3.8, 4) is 0 Å². The molecule has 3 rings (SSSR count). The second-order valence-corrected chi connectivity index (χ2v) is 7.89. The zero-order chi connectivity index (χ0) is 22.4. The van der Waals surface area contributed by atoms with E-state index >= 15 is 0 Å². The summed E-state index contributed by atoms with van der Waals surface area (Å²) in [5, 5.41) is 0. The molecule has 2 fully saturated rings. The van der Waals surface area contributed by atoms with Gasteiger partial charge >= 0.3 is 11.9 Å². The average Bonchev–Trinajstić information content (AvgIpc) is 3.08. The first-order valence-electron chi connectivity index (χ1n) is 11.0. The Kier molecular flexibility index (Phi) is 7.79. The lowest BCUT2D eigenvalue weighted by atomic mass is 9.95. The lowest BCUT2D eigenvalue weighted by molar-refractivity contribution is -0.149. The summed E-state index contributed by atoms with van der Waals surface area (Å²) in [4.78, 5) is 52.8. The number of carbonyl (C=O) groups excluding carboxylic acids is 4. The quantitative estimate of drug-likeness (QED) is 0.355. The normalized spacial score (nSPS) is 20.2. The predicted octanol–water partition coefficient (Wildman–Crippen LogP) is 2.55. The van der Waals surface area contributed by atoms with E-state index in [0.717, 1.165) is 12.8 Å². The molecule has 168 valence electrons. The molecule has 31 heavy (non-hydrogen) atoms. The number of carbonyl (C=O) groups is 4. The lowest BCUT2D eigenvalue weighted by Gasteiger charge is -2.33. The Morgan fingerprint density at radius 2 is 1.71 bits per heavy atom. The second kappa shape index (κ2) is 10.5. The molecule has 2 aliphatic heterocycles. The number of nitrogens with zero attached hydrogens (tertiary/aromatic N) is 2. The van der Waals surface area contributed by atoms with Crippen LogP contribution in [0, 0.1) is 5.92 Å². The van der Waals surface area contributed by atoms with Crippen molar-refractivity contribution in [3.05, 3.63) is 29.8 Å². The third-order valence-electron chi connectivity index (χ3n) is 5.81. The first-order valence-corrected chi connectivity index (χ1v) is 11.0. The van der Waals surface area contributed by atoms with Gasteiger partial charge in [0, 0.05) is 0 Å². The molecule has 2 saturated heterocycles. The maximum Gasteiger partial charge on any atom is 0.338 e. The number of hydrogen-bond donors (Lipinski definition) is 0. The minimum Gasteiger partial charge on any atom is -0.466 e. The van der Waals surface area contributed by atoms with Gasteiger partial charge in [-0.3, -0.25) is 19.3 Å². The van der Waals surface area contributed by atoms with Crippen molar-refractivity contribution in [3.63, 3.8) is 0 Å². The molecule has 1 aromatic rings. The first-order chi connectivity index (χ1) is 15.0. The monoisotopic (exact) mass is 430 g/mol. The fourth-order valence-electron chi connectivity index (χ4n) is 4.02. The molecule has 0 N–H and O–H groups in total. The van der Waals surface area contributed by atoms with Crippen LogP contribution in [-0.2, 0) is 23.9 Å². The van der Waals surface area contributed by atoms with E-state index in [1.807, 2.05) is 11.8 Å². The van der Waals surface area contributed by atoms with Gasteiger partial charge in [0.2, 0.25) is 5.91 Å². The maximum atomic E-state index is 13.0. The van der Waals surface area contributed by atoms with Gasteiger partial charge in [-0.15, -0.1) is 0 Å². The van der Waals surface area contributed by atoms with Crippen LogP contribution >= 0.6 is 0 Å². The van der Waals surface area contributed by atoms with Crippen molar-refractivity contribution in [2.75, 3.05) is 31.2 Å². The van der Waals surface area contributed by atoms with Gasteiger partial charge in [-0.05, 0) is 63.5 Å². The van der Waals surface area contributed by atoms with Crippen molar-refractivity contribution in [1.82, 2.24) is 4.90 Å². The summed E-state index contributed by atoms with van der Waals surface area (Å²) < 4.78 is 10.3. The first kappa shape index (κ1) is 22.9. The number of anilines is 1. The Labute approximate surface area is 182 Å². The lowest BCUT2D eigenvalue weighted by Crippen LogP contribution is -2.47. The molecule has 0 unspecified atom stereocenters. The van der Waals surface area contributed by atoms with Crippen LogP contribution in [0.25, 0.3) is 0 Å². The van der Waals surface area contributed by atoms with E-state index in [4.69, 9.17) is 9.47 Å². The van der Waals surface area contributed by atoms with E-state index in [9.17, 15) is 19.2 Å². The molecular weight excluding hydrogens is 400 g/mol. The van der Waals surface area contributed by atoms with Crippen LogP contribution in [0.1, 0.15) is 56.3 Å². The van der Waals surface area contributed by atoms with E-state index in [2.05, 4.69) is 0 Å². The van der Waals surface area contributed by atoms with E-state index in [0.29, 0.717) is 50.4 Å². The van der Waals surface area contributed by atoms with Crippen molar-refractivity contribution >= 4 is 29.4 Å². The van der Waals surface area contributed by atoms with Crippen molar-refractivity contribution < 1.29 is 28.7 Å². The number of benzene rings is 1. The highest BCUT2D eigenvalue weighted by Gasteiger charge is 2.44. The molecule has 0 aliphatic carbocycles. The smallest absolute Gasteiger partial charge is 0.338 e. The molecule has 8 nitrogen and oxygen atoms in total. The zero-order valence-electron chi connectivity index (χ0n) is 18.2. The second-order valence-electron chi connectivity index (χ2n) is 7.89. The number of rotatable bonds is 8. The maximum absolute atomic E-state index is 13.0. The highest BCUT2D eigenvalue weighted by atomic mass is 16.5. The summed E-state index contributed by atoms with van der Waals surface area (Å²) in [5.74, 6) is -1.28. The van der Waals surface area contributed by atoms with Crippen molar-refractivity contribution in [2.45, 2.75) is 52.0 Å². The highest BCUT2D eigenvalue weighted by Crippen LogP contribution is 2.29. The number of ether oxygens (including phenoxy) is 2. The Balaban J connectivity index is 1.60. The third kappa shape index (κ3) is 5.31. The van der Waals surface area contributed by atoms with Crippen LogP contribution in [-0.4, -0.2) is 61.0 Å². The number of piperidine rings is 1. The summed E-state index contributed by atoms with van der Waals surface area (Å²) in [6.07, 6.45) is 3.09. The average molecular weight is 431 g/mol. The number of amides is 2. The van der Waals surface area contributed by atoms with Crippen LogP contribution in [0.4, 0.5) is 5.69 Å². The van der Waals surface area contributed by atoms with Crippen LogP contribution in [0.5, 0.6) is 0 Å². The summed E-state index contributed by atoms with van der Waals surface area (Å²) >= 11 is 0. The molecule has 8 heteroatoms. The Hall–Kier alpha value is -2.74. The SMILES string of the molecule is CCCCOC(=O)c1ccc(N2C(=O)C[C@@H](N3CCC(C(=O)OCC)CC3)C2=O)cc1. The van der Waals surface area contributed by atoms with Gasteiger partial charge in [0.1, 0.15) is 0 Å². The molecule has 1 aromatic carbocycles. The molecular formula is C23H30N2O6. The van der Waals surface area contributed by atoms with Crippen molar-refractivity contribution in [1.29, 1.82) is 0 Å². The molecule has 2 aliphatic rings.